The molecule has 9 nitrogen and oxygen atoms in total. The number of fused-ring (bicyclic) bond motifs is 3. The van der Waals surface area contributed by atoms with E-state index in [0.717, 1.165) is 10.5 Å². The predicted octanol–water partition coefficient (Wildman–Crippen LogP) is 3.57. The minimum Gasteiger partial charge on any atom is -0.480 e. The molecule has 37 heavy (non-hydrogen) atoms. The maximum Gasteiger partial charge on any atom is 0.407 e. The Morgan fingerprint density at radius 3 is 2.51 bits per heavy atom. The van der Waals surface area contributed by atoms with E-state index in [0.29, 0.717) is 0 Å². The summed E-state index contributed by atoms with van der Waals surface area (Å²) in [6, 6.07) is 5.83. The van der Waals surface area contributed by atoms with E-state index in [-0.39, 0.29) is 37.6 Å². The molecule has 5 atom stereocenters. The van der Waals surface area contributed by atoms with Gasteiger partial charge in [0.1, 0.15) is 18.4 Å². The van der Waals surface area contributed by atoms with Crippen LogP contribution in [0.1, 0.15) is 57.6 Å². The number of allylic oxidation sites excluding steroid dienone is 4. The molecule has 200 valence electrons. The van der Waals surface area contributed by atoms with Gasteiger partial charge in [-0.15, -0.1) is 0 Å². The molecule has 1 aliphatic heterocycles. The number of carboxylic acids is 1. The summed E-state index contributed by atoms with van der Waals surface area (Å²) in [7, 11) is 0. The van der Waals surface area contributed by atoms with Crippen molar-refractivity contribution < 1.29 is 33.7 Å². The molecule has 1 heterocycles. The molecule has 9 heteroatoms. The summed E-state index contributed by atoms with van der Waals surface area (Å²) in [5.74, 6) is -1.40. The predicted molar refractivity (Wildman–Crippen MR) is 136 cm³/mol. The Bertz CT molecular complexity index is 1100. The van der Waals surface area contributed by atoms with E-state index in [4.69, 9.17) is 14.2 Å². The zero-order valence-corrected chi connectivity index (χ0v) is 22.0. The molecule has 1 aromatic rings. The molecular weight excluding hydrogens is 476 g/mol. The molecule has 0 saturated carbocycles. The van der Waals surface area contributed by atoms with Gasteiger partial charge in [-0.2, -0.15) is 0 Å². The van der Waals surface area contributed by atoms with Crippen LogP contribution in [0.15, 0.2) is 48.6 Å². The van der Waals surface area contributed by atoms with Gasteiger partial charge in [-0.25, -0.2) is 9.59 Å². The summed E-state index contributed by atoms with van der Waals surface area (Å²) in [5.41, 5.74) is 0.626. The minimum absolute atomic E-state index is 0.0181. The van der Waals surface area contributed by atoms with Crippen LogP contribution in [-0.2, 0) is 23.8 Å². The summed E-state index contributed by atoms with van der Waals surface area (Å²) < 4.78 is 17.0. The number of aliphatic carboxylic acids is 1. The molecule has 3 aliphatic rings. The lowest BCUT2D eigenvalue weighted by Crippen LogP contribution is -2.59. The normalized spacial score (nSPS) is 26.4. The van der Waals surface area contributed by atoms with Crippen LogP contribution in [0.4, 0.5) is 4.79 Å². The number of ether oxygens (including phenoxy) is 3. The highest BCUT2D eigenvalue weighted by Gasteiger charge is 2.49. The first-order valence-electron chi connectivity index (χ1n) is 12.6. The lowest BCUT2D eigenvalue weighted by Gasteiger charge is -2.35. The van der Waals surface area contributed by atoms with Gasteiger partial charge in [0.2, 0.25) is 0 Å². The number of alkyl carbamates (subject to hydrolysis) is 1. The van der Waals surface area contributed by atoms with Gasteiger partial charge in [0.05, 0.1) is 18.8 Å². The molecule has 2 aliphatic carbocycles. The van der Waals surface area contributed by atoms with Gasteiger partial charge in [-0.05, 0) is 51.7 Å². The number of carbonyl (C=O) groups excluding carboxylic acids is 2. The average Bonchev–Trinajstić information content (AvgIpc) is 3.33. The van der Waals surface area contributed by atoms with Crippen molar-refractivity contribution in [3.63, 3.8) is 0 Å². The van der Waals surface area contributed by atoms with Gasteiger partial charge < -0.3 is 24.6 Å². The first-order chi connectivity index (χ1) is 17.4. The van der Waals surface area contributed by atoms with Crippen molar-refractivity contribution in [2.75, 3.05) is 19.8 Å². The summed E-state index contributed by atoms with van der Waals surface area (Å²) in [6.45, 7) is 8.57. The number of nitrogens with one attached hydrogen (secondary N) is 1. The quantitative estimate of drug-likeness (QED) is 0.574. The molecule has 0 aromatic heterocycles. The summed E-state index contributed by atoms with van der Waals surface area (Å²) >= 11 is 0. The Labute approximate surface area is 217 Å². The van der Waals surface area contributed by atoms with Crippen LogP contribution < -0.4 is 5.32 Å². The number of carboxylic acid groups (broad SMARTS) is 1. The monoisotopic (exact) mass is 512 g/mol. The van der Waals surface area contributed by atoms with E-state index < -0.39 is 41.4 Å². The molecule has 2 amide bonds. The highest BCUT2D eigenvalue weighted by atomic mass is 16.6. The lowest BCUT2D eigenvalue weighted by molar-refractivity contribution is -0.158. The smallest absolute Gasteiger partial charge is 0.407 e. The molecule has 2 N–H and O–H groups in total. The van der Waals surface area contributed by atoms with Crippen molar-refractivity contribution in [1.82, 2.24) is 10.2 Å². The number of amides is 2. The fourth-order valence-electron chi connectivity index (χ4n) is 5.31. The van der Waals surface area contributed by atoms with E-state index >= 15 is 0 Å². The maximum absolute atomic E-state index is 13.6. The van der Waals surface area contributed by atoms with Gasteiger partial charge in [0.25, 0.3) is 5.91 Å². The van der Waals surface area contributed by atoms with Crippen LogP contribution in [0.3, 0.4) is 0 Å². The van der Waals surface area contributed by atoms with Gasteiger partial charge in [0, 0.05) is 11.8 Å². The number of nitrogens with zero attached hydrogens (tertiary/aromatic N) is 1. The summed E-state index contributed by atoms with van der Waals surface area (Å²) in [4.78, 5) is 39.5. The largest absolute Gasteiger partial charge is 0.480 e. The number of hydrogen-bond donors (Lipinski definition) is 2. The fraction of sp³-hybridized carbons (Fsp3) is 0.536. The molecule has 4 rings (SSSR count). The van der Waals surface area contributed by atoms with Crippen LogP contribution in [0, 0.1) is 5.92 Å². The second-order valence-electron chi connectivity index (χ2n) is 11.1. The second-order valence-corrected chi connectivity index (χ2v) is 11.1. The maximum atomic E-state index is 13.6. The highest BCUT2D eigenvalue weighted by Crippen LogP contribution is 2.49. The third kappa shape index (κ3) is 5.72. The first kappa shape index (κ1) is 26.9. The Balaban J connectivity index is 1.48. The van der Waals surface area contributed by atoms with Crippen molar-refractivity contribution in [3.05, 3.63) is 59.7 Å². The molecule has 0 spiro atoms. The van der Waals surface area contributed by atoms with Crippen molar-refractivity contribution in [2.24, 2.45) is 5.92 Å². The lowest BCUT2D eigenvalue weighted by atomic mass is 9.84. The van der Waals surface area contributed by atoms with Crippen LogP contribution >= 0.6 is 0 Å². The third-order valence-electron chi connectivity index (χ3n) is 7.07. The third-order valence-corrected chi connectivity index (χ3v) is 7.07. The highest BCUT2D eigenvalue weighted by molar-refractivity contribution is 5.90. The van der Waals surface area contributed by atoms with E-state index in [9.17, 15) is 19.5 Å². The van der Waals surface area contributed by atoms with E-state index in [2.05, 4.69) is 29.6 Å². The van der Waals surface area contributed by atoms with Crippen LogP contribution in [0.2, 0.25) is 0 Å². The Kier molecular flexibility index (Phi) is 7.48. The standard InChI is InChI=1S/C28H36N2O7/c1-27(2,3)36-15-22(24(31)30-23(25(32)33)16-37-28(30,4)5)29-26(34)35-14-21-19-12-8-6-10-17(19)18-11-7-9-13-20(18)21/h6-13,17,19,21-23H,14-16H2,1-5H3,(H,29,34)(H,32,33)/t17?,19?,21?,22-,23-/m0/s1. The molecule has 3 unspecified atom stereocenters. The molecule has 1 aromatic carbocycles. The molecule has 1 saturated heterocycles. The fourth-order valence-corrected chi connectivity index (χ4v) is 5.31. The number of hydrogen-bond acceptors (Lipinski definition) is 6. The Morgan fingerprint density at radius 2 is 1.84 bits per heavy atom. The number of benzene rings is 1. The minimum atomic E-state index is -1.18. The van der Waals surface area contributed by atoms with Gasteiger partial charge in [0.15, 0.2) is 6.04 Å². The first-order valence-corrected chi connectivity index (χ1v) is 12.6. The van der Waals surface area contributed by atoms with Crippen LogP contribution in [0.5, 0.6) is 0 Å². The molecule has 0 radical (unpaired) electrons. The summed E-state index contributed by atoms with van der Waals surface area (Å²) in [5, 5.41) is 12.3. The second kappa shape index (κ2) is 10.3. The van der Waals surface area contributed by atoms with Gasteiger partial charge in [-0.1, -0.05) is 48.6 Å². The van der Waals surface area contributed by atoms with Crippen LogP contribution in [-0.4, -0.2) is 71.2 Å². The van der Waals surface area contributed by atoms with E-state index in [1.165, 1.54) is 5.56 Å². The number of rotatable bonds is 7. The zero-order valence-electron chi connectivity index (χ0n) is 22.0. The number of carbonyl (C=O) groups is 3. The molecule has 0 bridgehead atoms. The topological polar surface area (TPSA) is 114 Å². The molecule has 1 fully saturated rings. The average molecular weight is 513 g/mol. The molecular formula is C28H36N2O7. The van der Waals surface area contributed by atoms with E-state index in [1.807, 2.05) is 45.1 Å². The van der Waals surface area contributed by atoms with Gasteiger partial charge in [-0.3, -0.25) is 9.69 Å². The Morgan fingerprint density at radius 1 is 1.16 bits per heavy atom. The Hall–Kier alpha value is -3.17. The van der Waals surface area contributed by atoms with Crippen molar-refractivity contribution in [2.45, 2.75) is 69.9 Å². The van der Waals surface area contributed by atoms with Crippen molar-refractivity contribution in [1.29, 1.82) is 0 Å². The van der Waals surface area contributed by atoms with Crippen LogP contribution in [0.25, 0.3) is 0 Å². The van der Waals surface area contributed by atoms with Crippen molar-refractivity contribution in [3.8, 4) is 0 Å². The summed E-state index contributed by atoms with van der Waals surface area (Å²) in [6.07, 6.45) is 7.59. The van der Waals surface area contributed by atoms with Gasteiger partial charge >= 0.3 is 12.1 Å². The van der Waals surface area contributed by atoms with Crippen molar-refractivity contribution >= 4 is 18.0 Å². The zero-order chi connectivity index (χ0) is 27.0. The van der Waals surface area contributed by atoms with E-state index in [1.54, 1.807) is 13.8 Å². The SMILES string of the molecule is CC(C)(C)OC[C@H](NC(=O)OCC1c2ccccc2C2C=CC=CC21)C(=O)N1[C@H](C(=O)O)COC1(C)C.